The molecule has 1 aliphatic rings. The first kappa shape index (κ1) is 13.6. The van der Waals surface area contributed by atoms with E-state index in [1.165, 1.54) is 0 Å². The molecule has 14 heavy (non-hydrogen) atoms. The molecule has 1 aliphatic heterocycles. The lowest BCUT2D eigenvalue weighted by Crippen LogP contribution is -3.00. The van der Waals surface area contributed by atoms with E-state index in [0.717, 1.165) is 19.4 Å². The Morgan fingerprint density at radius 2 is 2.07 bits per heavy atom. The largest absolute Gasteiger partial charge is 1.00 e. The summed E-state index contributed by atoms with van der Waals surface area (Å²) in [6.07, 6.45) is 8.01. The zero-order valence-corrected chi connectivity index (χ0v) is 10.7. The fraction of sp³-hybridized carbons (Fsp3) is 0.636. The predicted molar refractivity (Wildman–Crippen MR) is 54.0 cm³/mol. The molecule has 0 spiro atoms. The molecule has 2 nitrogen and oxygen atoms in total. The van der Waals surface area contributed by atoms with Crippen molar-refractivity contribution < 1.29 is 26.4 Å². The van der Waals surface area contributed by atoms with Crippen molar-refractivity contribution >= 4 is 12.1 Å². The molecule has 0 bridgehead atoms. The van der Waals surface area contributed by atoms with Crippen LogP contribution in [0.2, 0.25) is 0 Å². The van der Waals surface area contributed by atoms with Gasteiger partial charge < -0.3 is 17.0 Å². The Labute approximate surface area is 96.5 Å². The van der Waals surface area contributed by atoms with Gasteiger partial charge in [-0.15, -0.1) is 0 Å². The maximum Gasteiger partial charge on any atom is 0.396 e. The summed E-state index contributed by atoms with van der Waals surface area (Å²) in [5.41, 5.74) is -0.317. The summed E-state index contributed by atoms with van der Waals surface area (Å²) in [6.45, 7) is 6.90. The zero-order chi connectivity index (χ0) is 9.90. The van der Waals surface area contributed by atoms with Crippen molar-refractivity contribution in [2.24, 2.45) is 5.41 Å². The van der Waals surface area contributed by atoms with E-state index in [9.17, 15) is 4.79 Å². The van der Waals surface area contributed by atoms with Crippen LogP contribution in [0.25, 0.3) is 0 Å². The fourth-order valence-electron chi connectivity index (χ4n) is 1.40. The number of halogens is 1. The number of hydrogen-bond donors (Lipinski definition) is 0. The number of amides is 1. The van der Waals surface area contributed by atoms with Gasteiger partial charge in [0.15, 0.2) is 12.8 Å². The van der Waals surface area contributed by atoms with Gasteiger partial charge >= 0.3 is 5.91 Å². The molecule has 1 amide bonds. The van der Waals surface area contributed by atoms with Crippen molar-refractivity contribution in [3.05, 3.63) is 12.2 Å². The first-order chi connectivity index (χ1) is 6.08. The van der Waals surface area contributed by atoms with Crippen molar-refractivity contribution in [1.82, 2.24) is 0 Å². The van der Waals surface area contributed by atoms with E-state index in [0.29, 0.717) is 0 Å². The highest BCUT2D eigenvalue weighted by molar-refractivity contribution is 5.86. The molecule has 0 aromatic carbocycles. The van der Waals surface area contributed by atoms with Gasteiger partial charge in [0, 0.05) is 6.42 Å². The second-order valence-electron chi connectivity index (χ2n) is 4.08. The van der Waals surface area contributed by atoms with Crippen molar-refractivity contribution in [2.45, 2.75) is 33.6 Å². The Hall–Kier alpha value is -0.440. The number of allylic oxidation sites excluding steroid dienone is 1. The van der Waals surface area contributed by atoms with Crippen LogP contribution in [0.1, 0.15) is 33.6 Å². The molecule has 0 saturated carbocycles. The highest BCUT2D eigenvalue weighted by Gasteiger charge is 2.36. The van der Waals surface area contributed by atoms with Crippen LogP contribution in [0.15, 0.2) is 12.2 Å². The highest BCUT2D eigenvalue weighted by atomic mass is 79.9. The van der Waals surface area contributed by atoms with Crippen LogP contribution in [-0.2, 0) is 4.79 Å². The lowest BCUT2D eigenvalue weighted by atomic mass is 9.90. The maximum absolute atomic E-state index is 11.8. The molecule has 0 aromatic rings. The van der Waals surface area contributed by atoms with Crippen LogP contribution in [0, 0.1) is 5.41 Å². The predicted octanol–water partition coefficient (Wildman–Crippen LogP) is -1.00. The summed E-state index contributed by atoms with van der Waals surface area (Å²) in [5.74, 6) is 0.212. The minimum Gasteiger partial charge on any atom is -1.00 e. The molecule has 0 fully saturated rings. The Kier molecular flexibility index (Phi) is 5.27. The fourth-order valence-corrected chi connectivity index (χ4v) is 1.40. The Bertz CT molecular complexity index is 266. The van der Waals surface area contributed by atoms with Gasteiger partial charge in [0.1, 0.15) is 5.41 Å². The molecule has 0 saturated heterocycles. The number of nitrogens with zero attached hydrogens (tertiary/aromatic N) is 1. The van der Waals surface area contributed by atoms with Crippen LogP contribution in [0.4, 0.5) is 0 Å². The van der Waals surface area contributed by atoms with Gasteiger partial charge in [-0.05, 0) is 19.9 Å². The van der Waals surface area contributed by atoms with Crippen molar-refractivity contribution in [2.75, 3.05) is 6.54 Å². The molecule has 80 valence electrons. The lowest BCUT2D eigenvalue weighted by Gasteiger charge is -2.17. The zero-order valence-electron chi connectivity index (χ0n) is 9.09. The summed E-state index contributed by atoms with van der Waals surface area (Å²) >= 11 is 0. The molecule has 0 radical (unpaired) electrons. The second kappa shape index (κ2) is 5.44. The second-order valence-corrected chi connectivity index (χ2v) is 4.08. The molecular weight excluding hydrogens is 242 g/mol. The third kappa shape index (κ3) is 3.05. The number of carbonyl (C=O) groups is 1. The van der Waals surface area contributed by atoms with Crippen molar-refractivity contribution in [1.29, 1.82) is 0 Å². The minimum absolute atomic E-state index is 0. The van der Waals surface area contributed by atoms with E-state index < -0.39 is 0 Å². The SMILES string of the molecule is CCCC[N+]1=CC=CC(C)(C)C1=O.[Br-]. The van der Waals surface area contributed by atoms with Crippen LogP contribution < -0.4 is 17.0 Å². The van der Waals surface area contributed by atoms with Gasteiger partial charge in [-0.25, -0.2) is 4.79 Å². The van der Waals surface area contributed by atoms with E-state index in [1.54, 1.807) is 0 Å². The van der Waals surface area contributed by atoms with Crippen LogP contribution in [0.3, 0.4) is 0 Å². The van der Waals surface area contributed by atoms with E-state index in [-0.39, 0.29) is 28.3 Å². The van der Waals surface area contributed by atoms with Gasteiger partial charge in [-0.1, -0.05) is 19.4 Å². The summed E-state index contributed by atoms with van der Waals surface area (Å²) in [7, 11) is 0. The highest BCUT2D eigenvalue weighted by Crippen LogP contribution is 2.21. The van der Waals surface area contributed by atoms with Gasteiger partial charge in [-0.2, -0.15) is 4.58 Å². The normalized spacial score (nSPS) is 18.8. The molecule has 1 heterocycles. The third-order valence-corrected chi connectivity index (χ3v) is 2.34. The van der Waals surface area contributed by atoms with Gasteiger partial charge in [0.05, 0.1) is 0 Å². The summed E-state index contributed by atoms with van der Waals surface area (Å²) in [5, 5.41) is 0. The number of carbonyl (C=O) groups excluding carboxylic acids is 1. The van der Waals surface area contributed by atoms with E-state index in [1.807, 2.05) is 36.8 Å². The smallest absolute Gasteiger partial charge is 0.396 e. The molecule has 0 N–H and O–H groups in total. The summed E-state index contributed by atoms with van der Waals surface area (Å²) in [6, 6.07) is 0. The van der Waals surface area contributed by atoms with Crippen molar-refractivity contribution in [3.63, 3.8) is 0 Å². The molecule has 1 rings (SSSR count). The molecule has 0 unspecified atom stereocenters. The Morgan fingerprint density at radius 1 is 1.43 bits per heavy atom. The molecule has 0 atom stereocenters. The lowest BCUT2D eigenvalue weighted by molar-refractivity contribution is -0.452. The number of rotatable bonds is 3. The Morgan fingerprint density at radius 3 is 2.64 bits per heavy atom. The van der Waals surface area contributed by atoms with Crippen LogP contribution >= 0.6 is 0 Å². The molecule has 0 aliphatic carbocycles. The monoisotopic (exact) mass is 259 g/mol. The number of unbranched alkanes of at least 4 members (excludes halogenated alkanes) is 1. The number of hydrogen-bond acceptors (Lipinski definition) is 1. The van der Waals surface area contributed by atoms with Gasteiger partial charge in [-0.3, -0.25) is 0 Å². The van der Waals surface area contributed by atoms with Gasteiger partial charge in [0.25, 0.3) is 0 Å². The standard InChI is InChI=1S/C11H18NO.BrH/c1-4-5-8-12-9-6-7-11(2,3)10(12)13;/h6-7,9H,4-5,8H2,1-3H3;1H/q+1;/p-1. The maximum atomic E-state index is 11.8. The van der Waals surface area contributed by atoms with E-state index in [2.05, 4.69) is 6.92 Å². The summed E-state index contributed by atoms with van der Waals surface area (Å²) in [4.78, 5) is 11.8. The molecular formula is C11H18BrNO. The first-order valence-electron chi connectivity index (χ1n) is 4.91. The van der Waals surface area contributed by atoms with Crippen molar-refractivity contribution in [3.8, 4) is 0 Å². The average Bonchev–Trinajstić information content (AvgIpc) is 2.08. The molecule has 0 aromatic heterocycles. The summed E-state index contributed by atoms with van der Waals surface area (Å²) < 4.78 is 1.82. The quantitative estimate of drug-likeness (QED) is 0.596. The van der Waals surface area contributed by atoms with E-state index >= 15 is 0 Å². The molecule has 3 heteroatoms. The van der Waals surface area contributed by atoms with Crippen LogP contribution in [0.5, 0.6) is 0 Å². The third-order valence-electron chi connectivity index (χ3n) is 2.34. The Balaban J connectivity index is 0.00000169. The van der Waals surface area contributed by atoms with Crippen LogP contribution in [-0.4, -0.2) is 23.2 Å². The topological polar surface area (TPSA) is 20.1 Å². The van der Waals surface area contributed by atoms with Gasteiger partial charge in [0.2, 0.25) is 0 Å². The minimum atomic E-state index is -0.317. The van der Waals surface area contributed by atoms with E-state index in [4.69, 9.17) is 0 Å². The first-order valence-corrected chi connectivity index (χ1v) is 4.91. The average molecular weight is 260 g/mol.